The topological polar surface area (TPSA) is 78.9 Å². The van der Waals surface area contributed by atoms with E-state index >= 15 is 0 Å². The molecule has 0 aromatic heterocycles. The molecule has 0 amide bonds. The Bertz CT molecular complexity index is 1310. The third kappa shape index (κ3) is 59.9. The minimum Gasteiger partial charge on any atom is -0.462 e. The third-order valence-corrected chi connectivity index (χ3v) is 14.0. The maximum Gasteiger partial charge on any atom is 0.306 e. The molecule has 1 atom stereocenters. The summed E-state index contributed by atoms with van der Waals surface area (Å²) in [5.74, 6) is -0.872. The van der Waals surface area contributed by atoms with Crippen molar-refractivity contribution in [3.05, 3.63) is 60.8 Å². The van der Waals surface area contributed by atoms with Crippen molar-refractivity contribution in [1.29, 1.82) is 0 Å². The molecule has 6 heteroatoms. The van der Waals surface area contributed by atoms with Crippen LogP contribution in [0.25, 0.3) is 0 Å². The van der Waals surface area contributed by atoms with Gasteiger partial charge >= 0.3 is 17.9 Å². The van der Waals surface area contributed by atoms with E-state index < -0.39 is 6.10 Å². The highest BCUT2D eigenvalue weighted by molar-refractivity contribution is 5.71. The van der Waals surface area contributed by atoms with Gasteiger partial charge in [-0.05, 0) is 83.5 Å². The molecule has 0 heterocycles. The number of carbonyl (C=O) groups is 3. The summed E-state index contributed by atoms with van der Waals surface area (Å²) < 4.78 is 16.9. The van der Waals surface area contributed by atoms with E-state index in [-0.39, 0.29) is 31.1 Å². The molecule has 0 rings (SSSR count). The number of unbranched alkanes of at least 4 members (excludes halogenated alkanes) is 37. The first-order valence-corrected chi connectivity index (χ1v) is 31.8. The first-order valence-electron chi connectivity index (χ1n) is 31.8. The first kappa shape index (κ1) is 70.1. The molecule has 0 saturated carbocycles. The highest BCUT2D eigenvalue weighted by Gasteiger charge is 2.19. The second kappa shape index (κ2) is 61.7. The minimum absolute atomic E-state index is 0.0764. The second-order valence-corrected chi connectivity index (χ2v) is 21.3. The van der Waals surface area contributed by atoms with Crippen molar-refractivity contribution < 1.29 is 28.6 Å². The average molecular weight is 1020 g/mol. The van der Waals surface area contributed by atoms with Gasteiger partial charge in [0.15, 0.2) is 6.10 Å². The van der Waals surface area contributed by atoms with E-state index in [1.807, 2.05) is 0 Å². The van der Waals surface area contributed by atoms with E-state index in [0.29, 0.717) is 19.3 Å². The van der Waals surface area contributed by atoms with E-state index in [0.717, 1.165) is 89.9 Å². The Labute approximate surface area is 453 Å². The molecule has 73 heavy (non-hydrogen) atoms. The molecule has 0 fully saturated rings. The zero-order chi connectivity index (χ0) is 52.9. The summed E-state index contributed by atoms with van der Waals surface area (Å²) in [5.41, 5.74) is 0. The van der Waals surface area contributed by atoms with Crippen LogP contribution in [0.5, 0.6) is 0 Å². The van der Waals surface area contributed by atoms with Crippen LogP contribution >= 0.6 is 0 Å². The van der Waals surface area contributed by atoms with Crippen LogP contribution in [-0.2, 0) is 28.6 Å². The number of hydrogen-bond acceptors (Lipinski definition) is 6. The lowest BCUT2D eigenvalue weighted by Crippen LogP contribution is -2.30. The molecule has 0 bridgehead atoms. The fraction of sp³-hybridized carbons (Fsp3) is 0.806. The van der Waals surface area contributed by atoms with Crippen LogP contribution in [0.3, 0.4) is 0 Å². The highest BCUT2D eigenvalue weighted by Crippen LogP contribution is 2.17. The van der Waals surface area contributed by atoms with E-state index in [9.17, 15) is 14.4 Å². The van der Waals surface area contributed by atoms with Crippen molar-refractivity contribution in [2.24, 2.45) is 0 Å². The van der Waals surface area contributed by atoms with Gasteiger partial charge in [-0.3, -0.25) is 14.4 Å². The fourth-order valence-electron chi connectivity index (χ4n) is 9.25. The molecule has 0 aliphatic rings. The van der Waals surface area contributed by atoms with Gasteiger partial charge in [-0.25, -0.2) is 0 Å². The van der Waals surface area contributed by atoms with Crippen LogP contribution in [0.1, 0.15) is 329 Å². The zero-order valence-electron chi connectivity index (χ0n) is 48.7. The number of esters is 3. The molecule has 0 saturated heterocycles. The maximum atomic E-state index is 12.9. The molecule has 0 aromatic carbocycles. The predicted octanol–water partition coefficient (Wildman–Crippen LogP) is 21.6. The van der Waals surface area contributed by atoms with Crippen LogP contribution in [0.15, 0.2) is 60.8 Å². The number of hydrogen-bond donors (Lipinski definition) is 0. The summed E-state index contributed by atoms with van der Waals surface area (Å²) in [6.07, 6.45) is 77.9. The maximum absolute atomic E-state index is 12.9. The molecule has 0 radical (unpaired) electrons. The Kier molecular flexibility index (Phi) is 59.2. The van der Waals surface area contributed by atoms with Gasteiger partial charge in [-0.15, -0.1) is 0 Å². The number of rotatable bonds is 58. The van der Waals surface area contributed by atoms with Crippen LogP contribution in [-0.4, -0.2) is 37.2 Å². The number of ether oxygens (including phenoxy) is 3. The van der Waals surface area contributed by atoms with Crippen molar-refractivity contribution in [1.82, 2.24) is 0 Å². The van der Waals surface area contributed by atoms with Gasteiger partial charge in [-0.2, -0.15) is 0 Å². The summed E-state index contributed by atoms with van der Waals surface area (Å²) >= 11 is 0. The van der Waals surface area contributed by atoms with E-state index in [1.165, 1.54) is 199 Å². The molecule has 424 valence electrons. The predicted molar refractivity (Wildman–Crippen MR) is 316 cm³/mol. The monoisotopic (exact) mass is 1020 g/mol. The lowest BCUT2D eigenvalue weighted by Gasteiger charge is -2.18. The van der Waals surface area contributed by atoms with Crippen LogP contribution in [0.4, 0.5) is 0 Å². The lowest BCUT2D eigenvalue weighted by molar-refractivity contribution is -0.167. The quantitative estimate of drug-likeness (QED) is 0.0261. The summed E-state index contributed by atoms with van der Waals surface area (Å²) in [4.78, 5) is 38.3. The smallest absolute Gasteiger partial charge is 0.306 e. The summed E-state index contributed by atoms with van der Waals surface area (Å²) in [5, 5.41) is 0. The van der Waals surface area contributed by atoms with Crippen molar-refractivity contribution in [2.45, 2.75) is 335 Å². The lowest BCUT2D eigenvalue weighted by atomic mass is 10.0. The normalized spacial score (nSPS) is 12.4. The molecular formula is C67H120O6. The number of carbonyl (C=O) groups excluding carboxylic acids is 3. The van der Waals surface area contributed by atoms with E-state index in [1.54, 1.807) is 0 Å². The van der Waals surface area contributed by atoms with Gasteiger partial charge in [0.1, 0.15) is 13.2 Å². The summed E-state index contributed by atoms with van der Waals surface area (Å²) in [6, 6.07) is 0. The first-order chi connectivity index (χ1) is 36.0. The van der Waals surface area contributed by atoms with Crippen LogP contribution in [0.2, 0.25) is 0 Å². The van der Waals surface area contributed by atoms with Crippen LogP contribution < -0.4 is 0 Å². The SMILES string of the molecule is CC/C=C\C/C=C\C/C=C\CCCCCCCCCC(=O)OC(COC(=O)CCCCCCCCCCC/C=C\C/C=C\CCCCCCC)COC(=O)CCCCCCCCCCCCCCCCCCC. The van der Waals surface area contributed by atoms with Crippen molar-refractivity contribution >= 4 is 17.9 Å². The van der Waals surface area contributed by atoms with Gasteiger partial charge in [0.2, 0.25) is 0 Å². The largest absolute Gasteiger partial charge is 0.462 e. The Morgan fingerprint density at radius 3 is 0.836 bits per heavy atom. The Balaban J connectivity index is 4.35. The Morgan fingerprint density at radius 2 is 0.534 bits per heavy atom. The number of allylic oxidation sites excluding steroid dienone is 10. The molecule has 6 nitrogen and oxygen atoms in total. The van der Waals surface area contributed by atoms with Gasteiger partial charge in [0, 0.05) is 19.3 Å². The summed E-state index contributed by atoms with van der Waals surface area (Å²) in [7, 11) is 0. The molecule has 1 unspecified atom stereocenters. The average Bonchev–Trinajstić information content (AvgIpc) is 3.39. The van der Waals surface area contributed by atoms with Gasteiger partial charge in [0.05, 0.1) is 0 Å². The van der Waals surface area contributed by atoms with Crippen molar-refractivity contribution in [3.63, 3.8) is 0 Å². The summed E-state index contributed by atoms with van der Waals surface area (Å²) in [6.45, 7) is 6.56. The van der Waals surface area contributed by atoms with Crippen molar-refractivity contribution in [2.75, 3.05) is 13.2 Å². The van der Waals surface area contributed by atoms with Crippen LogP contribution in [0, 0.1) is 0 Å². The standard InChI is InChI=1S/C67H120O6/c1-4-7-10-13-16-19-22-25-28-31-32-33-34-37-39-42-45-48-51-54-57-60-66(69)72-63-64(73-67(70)61-58-55-52-49-46-43-40-36-30-27-24-21-18-15-12-9-6-3)62-71-65(68)59-56-53-50-47-44-41-38-35-29-26-23-20-17-14-11-8-5-2/h9,12,18,21-22,25,27,30-32,64H,4-8,10-11,13-17,19-20,23-24,26,28-29,33-63H2,1-3H3/b12-9-,21-18-,25-22-,30-27-,32-31-. The minimum atomic E-state index is -0.781. The second-order valence-electron chi connectivity index (χ2n) is 21.3. The molecule has 0 aliphatic carbocycles. The van der Waals surface area contributed by atoms with E-state index in [2.05, 4.69) is 81.5 Å². The fourth-order valence-corrected chi connectivity index (χ4v) is 9.25. The van der Waals surface area contributed by atoms with Gasteiger partial charge in [0.25, 0.3) is 0 Å². The molecule has 0 spiro atoms. The van der Waals surface area contributed by atoms with Crippen molar-refractivity contribution in [3.8, 4) is 0 Å². The Hall–Kier alpha value is -2.89. The molecule has 0 aromatic rings. The molecule has 0 N–H and O–H groups in total. The third-order valence-electron chi connectivity index (χ3n) is 14.0. The molecular weight excluding hydrogens is 901 g/mol. The van der Waals surface area contributed by atoms with E-state index in [4.69, 9.17) is 14.2 Å². The van der Waals surface area contributed by atoms with Gasteiger partial charge in [-0.1, -0.05) is 287 Å². The Morgan fingerprint density at radius 1 is 0.288 bits per heavy atom. The zero-order valence-corrected chi connectivity index (χ0v) is 48.7. The molecule has 0 aliphatic heterocycles. The van der Waals surface area contributed by atoms with Gasteiger partial charge < -0.3 is 14.2 Å². The highest BCUT2D eigenvalue weighted by atomic mass is 16.6.